The largest absolute Gasteiger partial charge is 0.489 e. The minimum Gasteiger partial charge on any atom is -0.489 e. The van der Waals surface area contributed by atoms with Crippen LogP contribution in [0.5, 0.6) is 5.75 Å². The first-order valence-electron chi connectivity index (χ1n) is 8.60. The van der Waals surface area contributed by atoms with Crippen LogP contribution in [0, 0.1) is 13.8 Å². The average Bonchev–Trinajstić information content (AvgIpc) is 3.07. The molecule has 0 spiro atoms. The highest BCUT2D eigenvalue weighted by atomic mass is 32.1. The highest BCUT2D eigenvalue weighted by Gasteiger charge is 2.05. The molecule has 1 N–H and O–H groups in total. The summed E-state index contributed by atoms with van der Waals surface area (Å²) < 4.78 is 5.78. The molecule has 3 aromatic rings. The SMILES string of the molecule is Cc1ccc(COc2ccc(/C=N\NC(=O)Cc3csc(C)n3)cc2)cc1. The number of thiazole rings is 1. The van der Waals surface area contributed by atoms with E-state index in [1.54, 1.807) is 6.21 Å². The predicted octanol–water partition coefficient (Wildman–Crippen LogP) is 4.03. The summed E-state index contributed by atoms with van der Waals surface area (Å²) in [6, 6.07) is 15.8. The Morgan fingerprint density at radius 2 is 1.89 bits per heavy atom. The first kappa shape index (κ1) is 18.8. The van der Waals surface area contributed by atoms with E-state index in [1.165, 1.54) is 16.9 Å². The van der Waals surface area contributed by atoms with Gasteiger partial charge < -0.3 is 4.74 Å². The lowest BCUT2D eigenvalue weighted by Crippen LogP contribution is -2.19. The normalized spacial score (nSPS) is 10.9. The molecular weight excluding hydrogens is 358 g/mol. The van der Waals surface area contributed by atoms with Gasteiger partial charge in [0.15, 0.2) is 0 Å². The summed E-state index contributed by atoms with van der Waals surface area (Å²) in [5.41, 5.74) is 6.52. The van der Waals surface area contributed by atoms with Crippen molar-refractivity contribution in [2.24, 2.45) is 5.10 Å². The van der Waals surface area contributed by atoms with Crippen LogP contribution >= 0.6 is 11.3 Å². The van der Waals surface area contributed by atoms with Crippen LogP contribution in [0.2, 0.25) is 0 Å². The Morgan fingerprint density at radius 3 is 2.56 bits per heavy atom. The number of amides is 1. The monoisotopic (exact) mass is 379 g/mol. The van der Waals surface area contributed by atoms with E-state index in [0.29, 0.717) is 6.61 Å². The molecule has 1 heterocycles. The Labute approximate surface area is 162 Å². The van der Waals surface area contributed by atoms with Gasteiger partial charge in [-0.05, 0) is 49.2 Å². The number of hydrazone groups is 1. The third-order valence-electron chi connectivity index (χ3n) is 3.82. The Hall–Kier alpha value is -2.99. The van der Waals surface area contributed by atoms with Gasteiger partial charge in [-0.3, -0.25) is 4.79 Å². The van der Waals surface area contributed by atoms with E-state index in [0.717, 1.165) is 27.6 Å². The molecule has 0 unspecified atom stereocenters. The molecule has 0 bridgehead atoms. The number of hydrogen-bond donors (Lipinski definition) is 1. The van der Waals surface area contributed by atoms with Crippen LogP contribution in [0.3, 0.4) is 0 Å². The average molecular weight is 379 g/mol. The van der Waals surface area contributed by atoms with Gasteiger partial charge in [-0.25, -0.2) is 10.4 Å². The molecule has 0 saturated carbocycles. The Kier molecular flexibility index (Phi) is 6.33. The molecule has 0 aliphatic carbocycles. The van der Waals surface area contributed by atoms with E-state index in [9.17, 15) is 4.79 Å². The van der Waals surface area contributed by atoms with Crippen LogP contribution in [-0.4, -0.2) is 17.1 Å². The smallest absolute Gasteiger partial charge is 0.246 e. The van der Waals surface area contributed by atoms with Crippen molar-refractivity contribution in [3.63, 3.8) is 0 Å². The van der Waals surface area contributed by atoms with Crippen molar-refractivity contribution in [1.29, 1.82) is 0 Å². The number of carbonyl (C=O) groups is 1. The summed E-state index contributed by atoms with van der Waals surface area (Å²) in [5.74, 6) is 0.602. The van der Waals surface area contributed by atoms with Crippen molar-refractivity contribution < 1.29 is 9.53 Å². The molecule has 3 rings (SSSR count). The number of nitrogens with zero attached hydrogens (tertiary/aromatic N) is 2. The van der Waals surface area contributed by atoms with Gasteiger partial charge in [0, 0.05) is 5.38 Å². The second-order valence-corrected chi connectivity index (χ2v) is 7.23. The van der Waals surface area contributed by atoms with Crippen molar-refractivity contribution in [3.8, 4) is 5.75 Å². The zero-order valence-corrected chi connectivity index (χ0v) is 16.1. The summed E-state index contributed by atoms with van der Waals surface area (Å²) in [6.07, 6.45) is 1.83. The van der Waals surface area contributed by atoms with Crippen LogP contribution in [0.15, 0.2) is 59.0 Å². The van der Waals surface area contributed by atoms with E-state index in [-0.39, 0.29) is 12.3 Å². The fraction of sp³-hybridized carbons (Fsp3) is 0.190. The molecule has 138 valence electrons. The standard InChI is InChI=1S/C21H21N3O2S/c1-15-3-5-18(6-4-15)13-26-20-9-7-17(8-10-20)12-22-24-21(25)11-19-14-27-16(2)23-19/h3-10,12,14H,11,13H2,1-2H3,(H,24,25)/b22-12-. The number of aromatic nitrogens is 1. The van der Waals surface area contributed by atoms with Gasteiger partial charge in [0.2, 0.25) is 5.91 Å². The van der Waals surface area contributed by atoms with E-state index in [1.807, 2.05) is 36.6 Å². The van der Waals surface area contributed by atoms with Gasteiger partial charge in [-0.2, -0.15) is 5.10 Å². The summed E-state index contributed by atoms with van der Waals surface area (Å²) in [5, 5.41) is 6.82. The molecule has 1 aromatic heterocycles. The molecule has 0 atom stereocenters. The Morgan fingerprint density at radius 1 is 1.15 bits per heavy atom. The predicted molar refractivity (Wildman–Crippen MR) is 108 cm³/mol. The third kappa shape index (κ3) is 6.04. The summed E-state index contributed by atoms with van der Waals surface area (Å²) >= 11 is 1.53. The van der Waals surface area contributed by atoms with Crippen LogP contribution < -0.4 is 10.2 Å². The van der Waals surface area contributed by atoms with E-state index < -0.39 is 0 Å². The van der Waals surface area contributed by atoms with Crippen molar-refractivity contribution in [3.05, 3.63) is 81.3 Å². The summed E-state index contributed by atoms with van der Waals surface area (Å²) in [7, 11) is 0. The van der Waals surface area contributed by atoms with Crippen molar-refractivity contribution in [2.75, 3.05) is 0 Å². The van der Waals surface area contributed by atoms with Gasteiger partial charge in [-0.15, -0.1) is 11.3 Å². The molecule has 5 nitrogen and oxygen atoms in total. The van der Waals surface area contributed by atoms with E-state index in [4.69, 9.17) is 4.74 Å². The summed E-state index contributed by atoms with van der Waals surface area (Å²) in [4.78, 5) is 16.1. The first-order valence-corrected chi connectivity index (χ1v) is 9.48. The number of ether oxygens (including phenoxy) is 1. The number of aryl methyl sites for hydroxylation is 2. The van der Waals surface area contributed by atoms with Crippen LogP contribution in [0.4, 0.5) is 0 Å². The first-order chi connectivity index (χ1) is 13.1. The Balaban J connectivity index is 1.46. The second-order valence-electron chi connectivity index (χ2n) is 6.17. The molecular formula is C21H21N3O2S. The van der Waals surface area contributed by atoms with Gasteiger partial charge in [0.05, 0.1) is 23.3 Å². The minimum absolute atomic E-state index is 0.186. The third-order valence-corrected chi connectivity index (χ3v) is 4.64. The molecule has 0 aliphatic heterocycles. The highest BCUT2D eigenvalue weighted by Crippen LogP contribution is 2.14. The van der Waals surface area contributed by atoms with Crippen molar-refractivity contribution in [1.82, 2.24) is 10.4 Å². The van der Waals surface area contributed by atoms with Gasteiger partial charge in [0.25, 0.3) is 0 Å². The number of nitrogens with one attached hydrogen (secondary N) is 1. The number of carbonyl (C=O) groups excluding carboxylic acids is 1. The van der Waals surface area contributed by atoms with Crippen LogP contribution in [0.1, 0.15) is 27.4 Å². The maximum atomic E-state index is 11.8. The quantitative estimate of drug-likeness (QED) is 0.498. The van der Waals surface area contributed by atoms with Crippen LogP contribution in [-0.2, 0) is 17.8 Å². The van der Waals surface area contributed by atoms with Gasteiger partial charge in [0.1, 0.15) is 12.4 Å². The highest BCUT2D eigenvalue weighted by molar-refractivity contribution is 7.09. The number of hydrogen-bond acceptors (Lipinski definition) is 5. The molecule has 0 radical (unpaired) electrons. The van der Waals surface area contributed by atoms with E-state index >= 15 is 0 Å². The lowest BCUT2D eigenvalue weighted by atomic mass is 10.2. The fourth-order valence-electron chi connectivity index (χ4n) is 2.37. The van der Waals surface area contributed by atoms with Gasteiger partial charge in [-0.1, -0.05) is 29.8 Å². The minimum atomic E-state index is -0.186. The van der Waals surface area contributed by atoms with Crippen molar-refractivity contribution in [2.45, 2.75) is 26.9 Å². The molecule has 2 aromatic carbocycles. The molecule has 6 heteroatoms. The lowest BCUT2D eigenvalue weighted by Gasteiger charge is -2.06. The maximum Gasteiger partial charge on any atom is 0.246 e. The zero-order valence-electron chi connectivity index (χ0n) is 15.3. The number of benzene rings is 2. The van der Waals surface area contributed by atoms with Gasteiger partial charge >= 0.3 is 0 Å². The molecule has 27 heavy (non-hydrogen) atoms. The fourth-order valence-corrected chi connectivity index (χ4v) is 2.99. The molecule has 0 fully saturated rings. The molecule has 1 amide bonds. The van der Waals surface area contributed by atoms with Crippen LogP contribution in [0.25, 0.3) is 0 Å². The molecule has 0 saturated heterocycles. The lowest BCUT2D eigenvalue weighted by molar-refractivity contribution is -0.120. The maximum absolute atomic E-state index is 11.8. The van der Waals surface area contributed by atoms with Crippen molar-refractivity contribution >= 4 is 23.5 Å². The Bertz CT molecular complexity index is 915. The van der Waals surface area contributed by atoms with E-state index in [2.05, 4.69) is 46.7 Å². The molecule has 0 aliphatic rings. The second kappa shape index (κ2) is 9.09. The summed E-state index contributed by atoms with van der Waals surface area (Å²) in [6.45, 7) is 4.51. The topological polar surface area (TPSA) is 63.6 Å². The zero-order chi connectivity index (χ0) is 19.1. The number of rotatable bonds is 7.